The van der Waals surface area contributed by atoms with Crippen LogP contribution in [0.5, 0.6) is 0 Å². The largest absolute Gasteiger partial charge is 0.381 e. The van der Waals surface area contributed by atoms with Crippen molar-refractivity contribution in [3.8, 4) is 0 Å². The van der Waals surface area contributed by atoms with Crippen molar-refractivity contribution in [2.24, 2.45) is 23.0 Å². The van der Waals surface area contributed by atoms with E-state index in [0.29, 0.717) is 23.5 Å². The second kappa shape index (κ2) is 6.76. The summed E-state index contributed by atoms with van der Waals surface area (Å²) >= 11 is 0. The first-order valence-electron chi connectivity index (χ1n) is 8.42. The average Bonchev–Trinajstić information content (AvgIpc) is 2.45. The molecule has 3 atom stereocenters. The third-order valence-corrected chi connectivity index (χ3v) is 5.76. The first-order valence-corrected chi connectivity index (χ1v) is 8.42. The molecule has 1 heterocycles. The van der Waals surface area contributed by atoms with Crippen LogP contribution >= 0.6 is 0 Å². The molecule has 2 rings (SSSR count). The summed E-state index contributed by atoms with van der Waals surface area (Å²) in [4.78, 5) is 2.71. The predicted molar refractivity (Wildman–Crippen MR) is 84.7 cm³/mol. The Labute approximate surface area is 125 Å². The third kappa shape index (κ3) is 3.75. The Balaban J connectivity index is 1.99. The Hall–Kier alpha value is -0.120. The van der Waals surface area contributed by atoms with Gasteiger partial charge in [-0.1, -0.05) is 20.8 Å². The lowest BCUT2D eigenvalue weighted by Crippen LogP contribution is -2.51. The van der Waals surface area contributed by atoms with E-state index in [1.54, 1.807) is 0 Å². The molecule has 0 radical (unpaired) electrons. The Morgan fingerprint density at radius 3 is 2.25 bits per heavy atom. The molecule has 3 nitrogen and oxygen atoms in total. The van der Waals surface area contributed by atoms with Gasteiger partial charge in [0.15, 0.2) is 0 Å². The second-order valence-electron chi connectivity index (χ2n) is 7.91. The highest BCUT2D eigenvalue weighted by Crippen LogP contribution is 2.41. The van der Waals surface area contributed by atoms with Crippen molar-refractivity contribution < 1.29 is 4.74 Å². The summed E-state index contributed by atoms with van der Waals surface area (Å²) < 4.78 is 5.50. The Morgan fingerprint density at radius 2 is 1.75 bits per heavy atom. The molecular weight excluding hydrogens is 248 g/mol. The summed E-state index contributed by atoms with van der Waals surface area (Å²) in [5, 5.41) is 0. The predicted octanol–water partition coefficient (Wildman–Crippen LogP) is 2.89. The van der Waals surface area contributed by atoms with Crippen LogP contribution in [0.2, 0.25) is 0 Å². The minimum absolute atomic E-state index is 0.433. The van der Waals surface area contributed by atoms with Crippen molar-refractivity contribution in [1.29, 1.82) is 0 Å². The summed E-state index contributed by atoms with van der Waals surface area (Å²) in [5.74, 6) is 1.54. The fraction of sp³-hybridized carbons (Fsp3) is 1.00. The normalized spacial score (nSPS) is 34.4. The minimum Gasteiger partial charge on any atom is -0.381 e. The molecule has 0 amide bonds. The number of rotatable bonds is 3. The highest BCUT2D eigenvalue weighted by molar-refractivity contribution is 4.92. The third-order valence-electron chi connectivity index (χ3n) is 5.76. The Kier molecular flexibility index (Phi) is 5.49. The molecule has 1 aliphatic heterocycles. The number of nitrogens with zero attached hydrogens (tertiary/aromatic N) is 1. The fourth-order valence-electron chi connectivity index (χ4n) is 4.16. The molecule has 0 aromatic heterocycles. The van der Waals surface area contributed by atoms with Crippen LogP contribution in [-0.4, -0.2) is 43.8 Å². The van der Waals surface area contributed by atoms with Crippen LogP contribution in [0.15, 0.2) is 0 Å². The van der Waals surface area contributed by atoms with Gasteiger partial charge in [-0.2, -0.15) is 0 Å². The van der Waals surface area contributed by atoms with Crippen molar-refractivity contribution >= 4 is 0 Å². The van der Waals surface area contributed by atoms with Gasteiger partial charge < -0.3 is 10.5 Å². The van der Waals surface area contributed by atoms with Gasteiger partial charge in [-0.15, -0.1) is 0 Å². The topological polar surface area (TPSA) is 38.5 Å². The van der Waals surface area contributed by atoms with E-state index in [1.807, 2.05) is 7.11 Å². The van der Waals surface area contributed by atoms with Gasteiger partial charge in [-0.3, -0.25) is 4.90 Å². The lowest BCUT2D eigenvalue weighted by Gasteiger charge is -2.47. The number of hydrogen-bond donors (Lipinski definition) is 1. The number of nitrogens with two attached hydrogens (primary N) is 1. The average molecular weight is 282 g/mol. The smallest absolute Gasteiger partial charge is 0.0595 e. The second-order valence-corrected chi connectivity index (χ2v) is 7.91. The quantitative estimate of drug-likeness (QED) is 0.865. The maximum absolute atomic E-state index is 6.06. The van der Waals surface area contributed by atoms with Crippen molar-refractivity contribution in [3.05, 3.63) is 0 Å². The summed E-state index contributed by atoms with van der Waals surface area (Å²) in [5.41, 5.74) is 6.49. The van der Waals surface area contributed by atoms with Crippen LogP contribution < -0.4 is 5.73 Å². The molecule has 118 valence electrons. The lowest BCUT2D eigenvalue weighted by molar-refractivity contribution is -0.00884. The van der Waals surface area contributed by atoms with Crippen LogP contribution in [-0.2, 0) is 4.74 Å². The number of ether oxygens (including phenoxy) is 1. The molecule has 1 aliphatic carbocycles. The minimum atomic E-state index is 0.433. The van der Waals surface area contributed by atoms with E-state index in [2.05, 4.69) is 25.7 Å². The summed E-state index contributed by atoms with van der Waals surface area (Å²) in [6.07, 6.45) is 6.85. The first kappa shape index (κ1) is 16.3. The maximum Gasteiger partial charge on any atom is 0.0595 e. The van der Waals surface area contributed by atoms with Crippen LogP contribution in [0.3, 0.4) is 0 Å². The standard InChI is InChI=1S/C17H34N2O/c1-17(2,3)14-6-5-13(12-18)16(11-14)19-9-7-15(20-4)8-10-19/h13-16H,5-12,18H2,1-4H3. The van der Waals surface area contributed by atoms with Gasteiger partial charge in [0.05, 0.1) is 6.10 Å². The number of likely N-dealkylation sites (tertiary alicyclic amines) is 1. The zero-order chi connectivity index (χ0) is 14.8. The summed E-state index contributed by atoms with van der Waals surface area (Å²) in [6, 6.07) is 0.704. The molecular formula is C17H34N2O. The molecule has 3 unspecified atom stereocenters. The number of methoxy groups -OCH3 is 1. The van der Waals surface area contributed by atoms with Gasteiger partial charge in [0.2, 0.25) is 0 Å². The van der Waals surface area contributed by atoms with Gasteiger partial charge >= 0.3 is 0 Å². The molecule has 2 aliphatic rings. The zero-order valence-corrected chi connectivity index (χ0v) is 13.9. The summed E-state index contributed by atoms with van der Waals surface area (Å²) in [7, 11) is 1.85. The number of hydrogen-bond acceptors (Lipinski definition) is 3. The molecule has 1 saturated carbocycles. The van der Waals surface area contributed by atoms with E-state index >= 15 is 0 Å². The van der Waals surface area contributed by atoms with Gasteiger partial charge in [0, 0.05) is 26.2 Å². The summed E-state index contributed by atoms with van der Waals surface area (Å²) in [6.45, 7) is 10.4. The molecule has 0 aromatic rings. The van der Waals surface area contributed by atoms with Crippen LogP contribution in [0.25, 0.3) is 0 Å². The molecule has 0 bridgehead atoms. The maximum atomic E-state index is 6.06. The first-order chi connectivity index (χ1) is 9.45. The molecule has 0 spiro atoms. The van der Waals surface area contributed by atoms with E-state index < -0.39 is 0 Å². The van der Waals surface area contributed by atoms with Gasteiger partial charge in [-0.05, 0) is 55.9 Å². The van der Waals surface area contributed by atoms with E-state index in [1.165, 1.54) is 45.2 Å². The SMILES string of the molecule is COC1CCN(C2CC(C(C)(C)C)CCC2CN)CC1. The van der Waals surface area contributed by atoms with Crippen LogP contribution in [0.4, 0.5) is 0 Å². The van der Waals surface area contributed by atoms with E-state index in [4.69, 9.17) is 10.5 Å². The van der Waals surface area contributed by atoms with Gasteiger partial charge in [0.1, 0.15) is 0 Å². The highest BCUT2D eigenvalue weighted by Gasteiger charge is 2.38. The van der Waals surface area contributed by atoms with Crippen molar-refractivity contribution in [3.63, 3.8) is 0 Å². The Morgan fingerprint density at radius 1 is 1.10 bits per heavy atom. The molecule has 2 fully saturated rings. The monoisotopic (exact) mass is 282 g/mol. The van der Waals surface area contributed by atoms with Crippen LogP contribution in [0, 0.1) is 17.3 Å². The van der Waals surface area contributed by atoms with Crippen molar-refractivity contribution in [2.75, 3.05) is 26.7 Å². The van der Waals surface area contributed by atoms with Crippen molar-refractivity contribution in [1.82, 2.24) is 4.90 Å². The van der Waals surface area contributed by atoms with Gasteiger partial charge in [-0.25, -0.2) is 0 Å². The molecule has 2 N–H and O–H groups in total. The van der Waals surface area contributed by atoms with E-state index in [9.17, 15) is 0 Å². The van der Waals surface area contributed by atoms with E-state index in [0.717, 1.165) is 12.5 Å². The van der Waals surface area contributed by atoms with E-state index in [-0.39, 0.29) is 0 Å². The van der Waals surface area contributed by atoms with Crippen molar-refractivity contribution in [2.45, 2.75) is 65.0 Å². The zero-order valence-electron chi connectivity index (χ0n) is 13.9. The molecule has 1 saturated heterocycles. The fourth-order valence-corrected chi connectivity index (χ4v) is 4.16. The molecule has 3 heteroatoms. The van der Waals surface area contributed by atoms with Crippen LogP contribution in [0.1, 0.15) is 52.9 Å². The highest BCUT2D eigenvalue weighted by atomic mass is 16.5. The Bertz CT molecular complexity index is 292. The molecule has 20 heavy (non-hydrogen) atoms. The lowest BCUT2D eigenvalue weighted by atomic mass is 9.67. The number of piperidine rings is 1. The van der Waals surface area contributed by atoms with Gasteiger partial charge in [0.25, 0.3) is 0 Å². The molecule has 0 aromatic carbocycles.